The van der Waals surface area contributed by atoms with Crippen molar-refractivity contribution in [3.05, 3.63) is 69.5 Å². The second-order valence-electron chi connectivity index (χ2n) is 4.77. The van der Waals surface area contributed by atoms with Crippen molar-refractivity contribution in [1.29, 1.82) is 0 Å². The normalized spacial score (nSPS) is 12.4. The number of rotatable bonds is 5. The Bertz CT molecular complexity index is 586. The highest BCUT2D eigenvalue weighted by Crippen LogP contribution is 2.24. The molecule has 106 valence electrons. The summed E-state index contributed by atoms with van der Waals surface area (Å²) >= 11 is 15.5. The largest absolute Gasteiger partial charge is 0.205 e. The van der Waals surface area contributed by atoms with Crippen LogP contribution in [0, 0.1) is 11.7 Å². The maximum atomic E-state index is 13.2. The highest BCUT2D eigenvalue weighted by Gasteiger charge is 2.12. The van der Waals surface area contributed by atoms with Gasteiger partial charge in [-0.3, -0.25) is 0 Å². The van der Waals surface area contributed by atoms with Crippen LogP contribution in [-0.2, 0) is 12.8 Å². The average molecular weight is 376 g/mol. The molecular weight excluding hydrogens is 362 g/mol. The molecule has 2 aromatic carbocycles. The van der Waals surface area contributed by atoms with Crippen LogP contribution < -0.4 is 0 Å². The van der Waals surface area contributed by atoms with Gasteiger partial charge in [0.1, 0.15) is 5.82 Å². The van der Waals surface area contributed by atoms with E-state index in [0.717, 1.165) is 34.3 Å². The summed E-state index contributed by atoms with van der Waals surface area (Å²) in [6.07, 6.45) is 1.70. The van der Waals surface area contributed by atoms with Crippen molar-refractivity contribution in [3.63, 3.8) is 0 Å². The highest BCUT2D eigenvalue weighted by molar-refractivity contribution is 9.09. The van der Waals surface area contributed by atoms with Gasteiger partial charge in [-0.15, -0.1) is 0 Å². The summed E-state index contributed by atoms with van der Waals surface area (Å²) in [4.78, 5) is 0. The van der Waals surface area contributed by atoms with E-state index in [1.165, 1.54) is 6.07 Å². The van der Waals surface area contributed by atoms with E-state index in [2.05, 4.69) is 15.9 Å². The van der Waals surface area contributed by atoms with E-state index in [0.29, 0.717) is 5.92 Å². The van der Waals surface area contributed by atoms with Crippen LogP contribution in [0.1, 0.15) is 11.1 Å². The fraction of sp³-hybridized carbons (Fsp3) is 0.250. The first-order valence-corrected chi connectivity index (χ1v) is 8.21. The fourth-order valence-corrected chi connectivity index (χ4v) is 3.03. The molecule has 0 bridgehead atoms. The Morgan fingerprint density at radius 3 is 2.40 bits per heavy atom. The SMILES string of the molecule is Fc1ccc(CC(CBr)Cc2ccccc2Cl)cc1Cl. The number of hydrogen-bond donors (Lipinski definition) is 0. The first-order valence-electron chi connectivity index (χ1n) is 6.33. The molecule has 0 spiro atoms. The predicted molar refractivity (Wildman–Crippen MR) is 87.6 cm³/mol. The summed E-state index contributed by atoms with van der Waals surface area (Å²) < 4.78 is 13.2. The van der Waals surface area contributed by atoms with E-state index in [1.54, 1.807) is 12.1 Å². The van der Waals surface area contributed by atoms with Crippen LogP contribution in [-0.4, -0.2) is 5.33 Å². The summed E-state index contributed by atoms with van der Waals surface area (Å²) in [5.41, 5.74) is 2.17. The molecule has 0 N–H and O–H groups in total. The lowest BCUT2D eigenvalue weighted by atomic mass is 9.94. The van der Waals surface area contributed by atoms with E-state index in [9.17, 15) is 4.39 Å². The van der Waals surface area contributed by atoms with Crippen LogP contribution >= 0.6 is 39.1 Å². The summed E-state index contributed by atoms with van der Waals surface area (Å²) in [6.45, 7) is 0. The lowest BCUT2D eigenvalue weighted by molar-refractivity contribution is 0.588. The van der Waals surface area contributed by atoms with E-state index >= 15 is 0 Å². The van der Waals surface area contributed by atoms with Gasteiger partial charge in [-0.2, -0.15) is 0 Å². The molecule has 0 aliphatic carbocycles. The Labute approximate surface area is 137 Å². The molecule has 2 rings (SSSR count). The van der Waals surface area contributed by atoms with Crippen LogP contribution in [0.4, 0.5) is 4.39 Å². The first-order chi connectivity index (χ1) is 9.60. The van der Waals surface area contributed by atoms with Crippen LogP contribution in [0.3, 0.4) is 0 Å². The van der Waals surface area contributed by atoms with Gasteiger partial charge >= 0.3 is 0 Å². The van der Waals surface area contributed by atoms with Gasteiger partial charge in [0.25, 0.3) is 0 Å². The molecular formula is C16H14BrCl2F. The second kappa shape index (κ2) is 7.44. The topological polar surface area (TPSA) is 0 Å². The van der Waals surface area contributed by atoms with E-state index < -0.39 is 0 Å². The van der Waals surface area contributed by atoms with Crippen molar-refractivity contribution in [2.75, 3.05) is 5.33 Å². The molecule has 20 heavy (non-hydrogen) atoms. The quantitative estimate of drug-likeness (QED) is 0.568. The smallest absolute Gasteiger partial charge is 0.141 e. The molecule has 0 aliphatic rings. The molecule has 0 fully saturated rings. The van der Waals surface area contributed by atoms with Crippen molar-refractivity contribution >= 4 is 39.1 Å². The third-order valence-electron chi connectivity index (χ3n) is 3.19. The van der Waals surface area contributed by atoms with Crippen LogP contribution in [0.15, 0.2) is 42.5 Å². The Morgan fingerprint density at radius 1 is 1.00 bits per heavy atom. The predicted octanol–water partition coefficient (Wildman–Crippen LogP) is 5.93. The average Bonchev–Trinajstić information content (AvgIpc) is 2.44. The third-order valence-corrected chi connectivity index (χ3v) is 4.77. The molecule has 0 heterocycles. The molecule has 1 atom stereocenters. The van der Waals surface area contributed by atoms with Gasteiger partial charge in [0.15, 0.2) is 0 Å². The summed E-state index contributed by atoms with van der Waals surface area (Å²) in [5, 5.41) is 1.82. The van der Waals surface area contributed by atoms with Crippen molar-refractivity contribution in [2.24, 2.45) is 5.92 Å². The number of benzene rings is 2. The highest BCUT2D eigenvalue weighted by atomic mass is 79.9. The Hall–Kier alpha value is -0.570. The maximum absolute atomic E-state index is 13.2. The Balaban J connectivity index is 2.09. The standard InChI is InChI=1S/C16H14BrCl2F/c17-10-12(8-13-3-1-2-4-14(13)18)7-11-5-6-16(20)15(19)9-11/h1-6,9,12H,7-8,10H2. The van der Waals surface area contributed by atoms with Crippen molar-refractivity contribution < 1.29 is 4.39 Å². The van der Waals surface area contributed by atoms with Crippen molar-refractivity contribution in [1.82, 2.24) is 0 Å². The molecule has 0 saturated carbocycles. The molecule has 0 nitrogen and oxygen atoms in total. The van der Waals surface area contributed by atoms with Gasteiger partial charge in [0.05, 0.1) is 5.02 Å². The molecule has 0 aromatic heterocycles. The van der Waals surface area contributed by atoms with Crippen molar-refractivity contribution in [3.8, 4) is 0 Å². The molecule has 1 unspecified atom stereocenters. The van der Waals surface area contributed by atoms with Crippen molar-refractivity contribution in [2.45, 2.75) is 12.8 Å². The van der Waals surface area contributed by atoms with E-state index in [4.69, 9.17) is 23.2 Å². The lowest BCUT2D eigenvalue weighted by Gasteiger charge is -2.15. The third kappa shape index (κ3) is 4.21. The van der Waals surface area contributed by atoms with Gasteiger partial charge in [0, 0.05) is 10.4 Å². The van der Waals surface area contributed by atoms with E-state index in [1.807, 2.05) is 24.3 Å². The van der Waals surface area contributed by atoms with E-state index in [-0.39, 0.29) is 10.8 Å². The minimum absolute atomic E-state index is 0.175. The summed E-state index contributed by atoms with van der Waals surface area (Å²) in [5.74, 6) is 0.00772. The zero-order valence-electron chi connectivity index (χ0n) is 10.8. The first kappa shape index (κ1) is 15.8. The van der Waals surface area contributed by atoms with Gasteiger partial charge < -0.3 is 0 Å². The number of alkyl halides is 1. The molecule has 0 radical (unpaired) electrons. The number of halogens is 4. The summed E-state index contributed by atoms with van der Waals surface area (Å²) in [6, 6.07) is 12.7. The minimum Gasteiger partial charge on any atom is -0.205 e. The molecule has 2 aromatic rings. The Morgan fingerprint density at radius 2 is 1.75 bits per heavy atom. The summed E-state index contributed by atoms with van der Waals surface area (Å²) in [7, 11) is 0. The fourth-order valence-electron chi connectivity index (χ4n) is 2.16. The minimum atomic E-state index is -0.378. The van der Waals surface area contributed by atoms with Crippen LogP contribution in [0.5, 0.6) is 0 Å². The molecule has 0 aliphatic heterocycles. The van der Waals surface area contributed by atoms with Gasteiger partial charge in [0.2, 0.25) is 0 Å². The Kier molecular flexibility index (Phi) is 5.88. The van der Waals surface area contributed by atoms with Crippen LogP contribution in [0.25, 0.3) is 0 Å². The van der Waals surface area contributed by atoms with Gasteiger partial charge in [-0.05, 0) is 48.1 Å². The monoisotopic (exact) mass is 374 g/mol. The van der Waals surface area contributed by atoms with Gasteiger partial charge in [-0.25, -0.2) is 4.39 Å². The van der Waals surface area contributed by atoms with Gasteiger partial charge in [-0.1, -0.05) is 63.4 Å². The molecule has 4 heteroatoms. The molecule has 0 amide bonds. The lowest BCUT2D eigenvalue weighted by Crippen LogP contribution is -2.10. The molecule has 0 saturated heterocycles. The number of hydrogen-bond acceptors (Lipinski definition) is 0. The zero-order valence-corrected chi connectivity index (χ0v) is 13.8. The second-order valence-corrected chi connectivity index (χ2v) is 6.23. The maximum Gasteiger partial charge on any atom is 0.141 e. The van der Waals surface area contributed by atoms with Crippen LogP contribution in [0.2, 0.25) is 10.0 Å². The zero-order chi connectivity index (χ0) is 14.5.